The van der Waals surface area contributed by atoms with Gasteiger partial charge in [0.05, 0.1) is 0 Å². The van der Waals surface area contributed by atoms with Gasteiger partial charge < -0.3 is 21.5 Å². The Morgan fingerprint density at radius 1 is 1.54 bits per heavy atom. The SMILES string of the molecule is CC(NC(=O)NCCCN)C(=O)O. The van der Waals surface area contributed by atoms with E-state index >= 15 is 0 Å². The molecule has 2 amide bonds. The van der Waals surface area contributed by atoms with Crippen LogP contribution in [-0.2, 0) is 4.79 Å². The Bertz CT molecular complexity index is 184. The number of amides is 2. The van der Waals surface area contributed by atoms with Gasteiger partial charge in [-0.1, -0.05) is 0 Å². The van der Waals surface area contributed by atoms with Crippen LogP contribution in [0.5, 0.6) is 0 Å². The van der Waals surface area contributed by atoms with E-state index in [9.17, 15) is 9.59 Å². The van der Waals surface area contributed by atoms with Crippen molar-refractivity contribution in [3.8, 4) is 0 Å². The summed E-state index contributed by atoms with van der Waals surface area (Å²) in [6.07, 6.45) is 0.675. The van der Waals surface area contributed by atoms with Crippen LogP contribution in [0.3, 0.4) is 0 Å². The van der Waals surface area contributed by atoms with Crippen LogP contribution in [0.4, 0.5) is 4.79 Å². The molecule has 0 spiro atoms. The van der Waals surface area contributed by atoms with E-state index in [2.05, 4.69) is 10.6 Å². The molecule has 0 aliphatic heterocycles. The molecule has 0 bridgehead atoms. The molecule has 76 valence electrons. The fourth-order valence-corrected chi connectivity index (χ4v) is 0.613. The number of carboxylic acids is 1. The predicted molar refractivity (Wildman–Crippen MR) is 47.3 cm³/mol. The van der Waals surface area contributed by atoms with Crippen LogP contribution in [-0.4, -0.2) is 36.2 Å². The molecule has 5 N–H and O–H groups in total. The molecule has 0 aliphatic carbocycles. The van der Waals surface area contributed by atoms with Crippen molar-refractivity contribution in [1.29, 1.82) is 0 Å². The van der Waals surface area contributed by atoms with Crippen LogP contribution >= 0.6 is 0 Å². The van der Waals surface area contributed by atoms with E-state index in [-0.39, 0.29) is 0 Å². The third-order valence-electron chi connectivity index (χ3n) is 1.38. The van der Waals surface area contributed by atoms with Gasteiger partial charge in [-0.15, -0.1) is 0 Å². The maximum absolute atomic E-state index is 10.9. The Balaban J connectivity index is 3.56. The number of nitrogens with one attached hydrogen (secondary N) is 2. The van der Waals surface area contributed by atoms with Gasteiger partial charge in [0.1, 0.15) is 6.04 Å². The van der Waals surface area contributed by atoms with E-state index < -0.39 is 18.0 Å². The van der Waals surface area contributed by atoms with Crippen LogP contribution < -0.4 is 16.4 Å². The van der Waals surface area contributed by atoms with E-state index in [4.69, 9.17) is 10.8 Å². The third kappa shape index (κ3) is 5.92. The summed E-state index contributed by atoms with van der Waals surface area (Å²) in [4.78, 5) is 21.2. The molecule has 0 aromatic heterocycles. The van der Waals surface area contributed by atoms with E-state index in [0.717, 1.165) is 0 Å². The van der Waals surface area contributed by atoms with E-state index in [1.807, 2.05) is 0 Å². The highest BCUT2D eigenvalue weighted by Crippen LogP contribution is 1.80. The van der Waals surface area contributed by atoms with Crippen molar-refractivity contribution < 1.29 is 14.7 Å². The molecule has 6 heteroatoms. The van der Waals surface area contributed by atoms with Gasteiger partial charge in [0.25, 0.3) is 0 Å². The number of urea groups is 1. The molecule has 6 nitrogen and oxygen atoms in total. The van der Waals surface area contributed by atoms with Gasteiger partial charge in [0.15, 0.2) is 0 Å². The summed E-state index contributed by atoms with van der Waals surface area (Å²) >= 11 is 0. The highest BCUT2D eigenvalue weighted by atomic mass is 16.4. The Labute approximate surface area is 76.5 Å². The minimum Gasteiger partial charge on any atom is -0.480 e. The van der Waals surface area contributed by atoms with Crippen LogP contribution in [0.1, 0.15) is 13.3 Å². The third-order valence-corrected chi connectivity index (χ3v) is 1.38. The zero-order valence-electron chi connectivity index (χ0n) is 7.54. The van der Waals surface area contributed by atoms with E-state index in [1.165, 1.54) is 6.92 Å². The Kier molecular flexibility index (Phi) is 5.62. The molecule has 0 saturated carbocycles. The quantitative estimate of drug-likeness (QED) is 0.421. The monoisotopic (exact) mass is 189 g/mol. The van der Waals surface area contributed by atoms with Gasteiger partial charge in [-0.2, -0.15) is 0 Å². The summed E-state index contributed by atoms with van der Waals surface area (Å²) in [6.45, 7) is 2.34. The molecule has 0 rings (SSSR count). The van der Waals surface area contributed by atoms with Crippen LogP contribution in [0.15, 0.2) is 0 Å². The van der Waals surface area contributed by atoms with Gasteiger partial charge in [-0.25, -0.2) is 4.79 Å². The smallest absolute Gasteiger partial charge is 0.325 e. The number of carbonyl (C=O) groups is 2. The summed E-state index contributed by atoms with van der Waals surface area (Å²) in [7, 11) is 0. The molecule has 1 unspecified atom stereocenters. The summed E-state index contributed by atoms with van der Waals surface area (Å²) in [6, 6.07) is -1.36. The Morgan fingerprint density at radius 3 is 2.62 bits per heavy atom. The minimum atomic E-state index is -1.06. The lowest BCUT2D eigenvalue weighted by Crippen LogP contribution is -2.44. The fourth-order valence-electron chi connectivity index (χ4n) is 0.613. The fraction of sp³-hybridized carbons (Fsp3) is 0.714. The van der Waals surface area contributed by atoms with Crippen molar-refractivity contribution in [3.63, 3.8) is 0 Å². The molecule has 1 atom stereocenters. The van der Waals surface area contributed by atoms with Gasteiger partial charge in [-0.05, 0) is 19.9 Å². The largest absolute Gasteiger partial charge is 0.480 e. The molecular formula is C7H15N3O3. The normalized spacial score (nSPS) is 11.8. The highest BCUT2D eigenvalue weighted by Gasteiger charge is 2.12. The van der Waals surface area contributed by atoms with Crippen molar-refractivity contribution in [1.82, 2.24) is 10.6 Å². The summed E-state index contributed by atoms with van der Waals surface area (Å²) in [5.41, 5.74) is 5.20. The van der Waals surface area contributed by atoms with Crippen LogP contribution in [0.2, 0.25) is 0 Å². The second-order valence-electron chi connectivity index (χ2n) is 2.60. The zero-order chi connectivity index (χ0) is 10.3. The number of rotatable bonds is 5. The molecular weight excluding hydrogens is 174 g/mol. The lowest BCUT2D eigenvalue weighted by Gasteiger charge is -2.09. The lowest BCUT2D eigenvalue weighted by molar-refractivity contribution is -0.138. The summed E-state index contributed by atoms with van der Waals surface area (Å²) in [5, 5.41) is 13.2. The summed E-state index contributed by atoms with van der Waals surface area (Å²) in [5.74, 6) is -1.06. The van der Waals surface area contributed by atoms with Gasteiger partial charge in [0.2, 0.25) is 0 Å². The maximum Gasteiger partial charge on any atom is 0.325 e. The molecule has 0 saturated heterocycles. The van der Waals surface area contributed by atoms with Gasteiger partial charge >= 0.3 is 12.0 Å². The van der Waals surface area contributed by atoms with E-state index in [1.54, 1.807) is 0 Å². The molecule has 0 heterocycles. The Hall–Kier alpha value is -1.30. The Morgan fingerprint density at radius 2 is 2.15 bits per heavy atom. The second-order valence-corrected chi connectivity index (χ2v) is 2.60. The highest BCUT2D eigenvalue weighted by molar-refractivity contribution is 5.82. The van der Waals surface area contributed by atoms with Crippen molar-refractivity contribution in [3.05, 3.63) is 0 Å². The second kappa shape index (κ2) is 6.24. The topological polar surface area (TPSA) is 104 Å². The molecule has 13 heavy (non-hydrogen) atoms. The standard InChI is InChI=1S/C7H15N3O3/c1-5(6(11)12)10-7(13)9-4-2-3-8/h5H,2-4,8H2,1H3,(H,11,12)(H2,9,10,13). The first-order chi connectivity index (χ1) is 6.07. The number of hydrogen-bond acceptors (Lipinski definition) is 3. The number of carboxylic acid groups (broad SMARTS) is 1. The van der Waals surface area contributed by atoms with E-state index in [0.29, 0.717) is 19.5 Å². The van der Waals surface area contributed by atoms with Crippen molar-refractivity contribution >= 4 is 12.0 Å². The molecule has 0 aromatic rings. The predicted octanol–water partition coefficient (Wildman–Crippen LogP) is -0.892. The first-order valence-electron chi connectivity index (χ1n) is 4.05. The lowest BCUT2D eigenvalue weighted by atomic mass is 10.3. The van der Waals surface area contributed by atoms with Crippen molar-refractivity contribution in [2.75, 3.05) is 13.1 Å². The minimum absolute atomic E-state index is 0.453. The zero-order valence-corrected chi connectivity index (χ0v) is 7.54. The molecule has 0 aromatic carbocycles. The maximum atomic E-state index is 10.9. The number of hydrogen-bond donors (Lipinski definition) is 4. The van der Waals surface area contributed by atoms with Crippen molar-refractivity contribution in [2.24, 2.45) is 5.73 Å². The first-order valence-corrected chi connectivity index (χ1v) is 4.05. The van der Waals surface area contributed by atoms with Crippen LogP contribution in [0.25, 0.3) is 0 Å². The van der Waals surface area contributed by atoms with Crippen molar-refractivity contribution in [2.45, 2.75) is 19.4 Å². The summed E-state index contributed by atoms with van der Waals surface area (Å²) < 4.78 is 0. The average molecular weight is 189 g/mol. The average Bonchev–Trinajstić information content (AvgIpc) is 2.04. The molecule has 0 aliphatic rings. The first kappa shape index (κ1) is 11.7. The number of carbonyl (C=O) groups excluding carboxylic acids is 1. The molecule has 0 radical (unpaired) electrons. The molecule has 0 fully saturated rings. The number of aliphatic carboxylic acids is 1. The van der Waals surface area contributed by atoms with Gasteiger partial charge in [0, 0.05) is 6.54 Å². The van der Waals surface area contributed by atoms with Crippen LogP contribution in [0, 0.1) is 0 Å². The van der Waals surface area contributed by atoms with Gasteiger partial charge in [-0.3, -0.25) is 4.79 Å². The number of nitrogens with two attached hydrogens (primary N) is 1.